The molecule has 0 atom stereocenters. The average Bonchev–Trinajstić information content (AvgIpc) is 3.42. The molecule has 0 aliphatic rings. The Morgan fingerprint density at radius 3 is 2.77 bits per heavy atom. The van der Waals surface area contributed by atoms with Gasteiger partial charge in [0.25, 0.3) is 5.69 Å². The van der Waals surface area contributed by atoms with Crippen molar-refractivity contribution in [3.8, 4) is 22.8 Å². The Morgan fingerprint density at radius 2 is 2.00 bits per heavy atom. The number of hydrogen-bond donors (Lipinski definition) is 0. The van der Waals surface area contributed by atoms with Crippen LogP contribution in [-0.4, -0.2) is 41.9 Å². The van der Waals surface area contributed by atoms with Crippen LogP contribution in [0.1, 0.15) is 12.8 Å². The Kier molecular flexibility index (Phi) is 5.66. The SMILES string of the molecule is CCOc1ccccc1-n1nnnc1SCc1nc(-c2ccc([N+](=O)[O-])cc2)no1. The maximum atomic E-state index is 10.8. The van der Waals surface area contributed by atoms with Crippen molar-refractivity contribution in [1.29, 1.82) is 0 Å². The Morgan fingerprint density at radius 1 is 1.20 bits per heavy atom. The van der Waals surface area contributed by atoms with Gasteiger partial charge in [-0.1, -0.05) is 29.1 Å². The lowest BCUT2D eigenvalue weighted by atomic mass is 10.2. The second-order valence-corrected chi connectivity index (χ2v) is 6.82. The Bertz CT molecular complexity index is 1160. The highest BCUT2D eigenvalue weighted by atomic mass is 32.2. The van der Waals surface area contributed by atoms with Gasteiger partial charge in [-0.3, -0.25) is 10.1 Å². The molecule has 2 aromatic heterocycles. The van der Waals surface area contributed by atoms with Crippen LogP contribution in [-0.2, 0) is 5.75 Å². The summed E-state index contributed by atoms with van der Waals surface area (Å²) in [5, 5.41) is 27.1. The first-order valence-corrected chi connectivity index (χ1v) is 9.85. The van der Waals surface area contributed by atoms with Gasteiger partial charge in [-0.2, -0.15) is 9.67 Å². The molecule has 0 aliphatic carbocycles. The van der Waals surface area contributed by atoms with Crippen LogP contribution in [0.4, 0.5) is 5.69 Å². The number of benzene rings is 2. The maximum absolute atomic E-state index is 10.8. The zero-order chi connectivity index (χ0) is 20.9. The summed E-state index contributed by atoms with van der Waals surface area (Å²) in [5.74, 6) is 1.74. The summed E-state index contributed by atoms with van der Waals surface area (Å²) in [6.45, 7) is 2.43. The highest BCUT2D eigenvalue weighted by Gasteiger charge is 2.16. The lowest BCUT2D eigenvalue weighted by molar-refractivity contribution is -0.384. The number of tetrazole rings is 1. The number of nitro benzene ring substituents is 1. The minimum Gasteiger partial charge on any atom is -0.492 e. The summed E-state index contributed by atoms with van der Waals surface area (Å²) < 4.78 is 12.5. The molecule has 0 spiro atoms. The summed E-state index contributed by atoms with van der Waals surface area (Å²) in [5.41, 5.74) is 1.34. The summed E-state index contributed by atoms with van der Waals surface area (Å²) in [7, 11) is 0. The van der Waals surface area contributed by atoms with Gasteiger partial charge in [0.2, 0.25) is 16.9 Å². The van der Waals surface area contributed by atoms with E-state index in [0.29, 0.717) is 40.5 Å². The fourth-order valence-electron chi connectivity index (χ4n) is 2.62. The maximum Gasteiger partial charge on any atom is 0.269 e. The van der Waals surface area contributed by atoms with Gasteiger partial charge < -0.3 is 9.26 Å². The Balaban J connectivity index is 1.48. The van der Waals surface area contributed by atoms with Crippen molar-refractivity contribution in [2.45, 2.75) is 17.8 Å². The molecule has 0 aliphatic heterocycles. The van der Waals surface area contributed by atoms with Crippen molar-refractivity contribution >= 4 is 17.4 Å². The van der Waals surface area contributed by atoms with E-state index < -0.39 is 4.92 Å². The number of non-ortho nitro benzene ring substituents is 1. The molecule has 0 radical (unpaired) electrons. The summed E-state index contributed by atoms with van der Waals surface area (Å²) >= 11 is 1.33. The standard InChI is InChI=1S/C18H15N7O4S/c1-2-28-15-6-4-3-5-14(15)24-18(20-22-23-24)30-11-16-19-17(21-29-16)12-7-9-13(10-8-12)25(26)27/h3-10H,2,11H2,1H3. The first kappa shape index (κ1) is 19.5. The molecule has 12 heteroatoms. The lowest BCUT2D eigenvalue weighted by Gasteiger charge is -2.10. The third-order valence-corrected chi connectivity index (χ3v) is 4.87. The summed E-state index contributed by atoms with van der Waals surface area (Å²) in [6.07, 6.45) is 0. The molecular weight excluding hydrogens is 410 g/mol. The molecule has 11 nitrogen and oxygen atoms in total. The highest BCUT2D eigenvalue weighted by molar-refractivity contribution is 7.98. The van der Waals surface area contributed by atoms with Crippen molar-refractivity contribution in [1.82, 2.24) is 30.3 Å². The topological polar surface area (TPSA) is 135 Å². The van der Waals surface area contributed by atoms with Gasteiger partial charge >= 0.3 is 0 Å². The summed E-state index contributed by atoms with van der Waals surface area (Å²) in [4.78, 5) is 14.6. The third-order valence-electron chi connectivity index (χ3n) is 3.96. The minimum absolute atomic E-state index is 0.00260. The molecule has 30 heavy (non-hydrogen) atoms. The van der Waals surface area contributed by atoms with Gasteiger partial charge in [-0.05, 0) is 41.6 Å². The molecule has 0 unspecified atom stereocenters. The van der Waals surface area contributed by atoms with Crippen LogP contribution in [0.2, 0.25) is 0 Å². The Labute approximate surface area is 174 Å². The molecule has 0 amide bonds. The zero-order valence-electron chi connectivity index (χ0n) is 15.7. The number of para-hydroxylation sites is 2. The second-order valence-electron chi connectivity index (χ2n) is 5.88. The van der Waals surface area contributed by atoms with Gasteiger partial charge in [0.1, 0.15) is 11.4 Å². The number of thioether (sulfide) groups is 1. The first-order valence-electron chi connectivity index (χ1n) is 8.86. The van der Waals surface area contributed by atoms with Crippen LogP contribution in [0.25, 0.3) is 17.1 Å². The fourth-order valence-corrected chi connectivity index (χ4v) is 3.34. The van der Waals surface area contributed by atoms with Gasteiger partial charge in [-0.25, -0.2) is 0 Å². The van der Waals surface area contributed by atoms with Crippen molar-refractivity contribution in [3.05, 3.63) is 64.5 Å². The third kappa shape index (κ3) is 4.12. The molecule has 0 N–H and O–H groups in total. The zero-order valence-corrected chi connectivity index (χ0v) is 16.5. The van der Waals surface area contributed by atoms with Crippen LogP contribution in [0.5, 0.6) is 5.75 Å². The second kappa shape index (κ2) is 8.69. The van der Waals surface area contributed by atoms with Crippen molar-refractivity contribution in [2.24, 2.45) is 0 Å². The first-order chi connectivity index (χ1) is 14.7. The monoisotopic (exact) mass is 425 g/mol. The number of hydrogen-bond acceptors (Lipinski definition) is 10. The molecule has 0 saturated carbocycles. The van der Waals surface area contributed by atoms with E-state index in [9.17, 15) is 10.1 Å². The number of ether oxygens (including phenoxy) is 1. The van der Waals surface area contributed by atoms with Crippen molar-refractivity contribution < 1.29 is 14.2 Å². The number of nitrogens with zero attached hydrogens (tertiary/aromatic N) is 7. The predicted octanol–water partition coefficient (Wildman–Crippen LogP) is 3.31. The van der Waals surface area contributed by atoms with E-state index in [1.54, 1.807) is 16.8 Å². The molecule has 2 heterocycles. The average molecular weight is 425 g/mol. The van der Waals surface area contributed by atoms with Crippen LogP contribution in [0.15, 0.2) is 58.2 Å². The smallest absolute Gasteiger partial charge is 0.269 e. The number of rotatable bonds is 8. The normalized spacial score (nSPS) is 10.8. The quantitative estimate of drug-likeness (QED) is 0.235. The van der Waals surface area contributed by atoms with E-state index in [1.807, 2.05) is 31.2 Å². The van der Waals surface area contributed by atoms with Crippen molar-refractivity contribution in [2.75, 3.05) is 6.61 Å². The van der Waals surface area contributed by atoms with Gasteiger partial charge in [0.05, 0.1) is 17.3 Å². The summed E-state index contributed by atoms with van der Waals surface area (Å²) in [6, 6.07) is 13.4. The largest absolute Gasteiger partial charge is 0.492 e. The van der Waals surface area contributed by atoms with Crippen LogP contribution < -0.4 is 4.74 Å². The van der Waals surface area contributed by atoms with E-state index >= 15 is 0 Å². The minimum atomic E-state index is -0.462. The molecular formula is C18H15N7O4S. The van der Waals surface area contributed by atoms with Crippen molar-refractivity contribution in [3.63, 3.8) is 0 Å². The van der Waals surface area contributed by atoms with Gasteiger partial charge in [-0.15, -0.1) is 5.10 Å². The molecule has 0 saturated heterocycles. The molecule has 4 aromatic rings. The van der Waals surface area contributed by atoms with Gasteiger partial charge in [0, 0.05) is 17.7 Å². The van der Waals surface area contributed by atoms with E-state index in [-0.39, 0.29) is 5.69 Å². The van der Waals surface area contributed by atoms with Gasteiger partial charge in [0.15, 0.2) is 0 Å². The fraction of sp³-hybridized carbons (Fsp3) is 0.167. The van der Waals surface area contributed by atoms with E-state index in [1.165, 1.54) is 23.9 Å². The molecule has 2 aromatic carbocycles. The predicted molar refractivity (Wildman–Crippen MR) is 106 cm³/mol. The molecule has 0 fully saturated rings. The molecule has 4 rings (SSSR count). The lowest BCUT2D eigenvalue weighted by Crippen LogP contribution is -2.03. The van der Waals surface area contributed by atoms with Crippen LogP contribution >= 0.6 is 11.8 Å². The highest BCUT2D eigenvalue weighted by Crippen LogP contribution is 2.28. The van der Waals surface area contributed by atoms with E-state index in [4.69, 9.17) is 9.26 Å². The van der Waals surface area contributed by atoms with E-state index in [2.05, 4.69) is 25.7 Å². The number of aromatic nitrogens is 6. The number of nitro groups is 1. The Hall–Kier alpha value is -3.80. The molecule has 0 bridgehead atoms. The molecule has 152 valence electrons. The van der Waals surface area contributed by atoms with E-state index in [0.717, 1.165) is 5.69 Å². The van der Waals surface area contributed by atoms with Crippen LogP contribution in [0.3, 0.4) is 0 Å². The van der Waals surface area contributed by atoms with Crippen LogP contribution in [0, 0.1) is 10.1 Å².